The van der Waals surface area contributed by atoms with Gasteiger partial charge in [-0.3, -0.25) is 9.59 Å². The lowest BCUT2D eigenvalue weighted by Gasteiger charge is -2.04. The number of rotatable bonds is 5. The van der Waals surface area contributed by atoms with E-state index in [4.69, 9.17) is 4.74 Å². The first-order chi connectivity index (χ1) is 9.61. The second kappa shape index (κ2) is 6.02. The average Bonchev–Trinajstić information content (AvgIpc) is 2.48. The Morgan fingerprint density at radius 2 is 1.70 bits per heavy atom. The van der Waals surface area contributed by atoms with Crippen molar-refractivity contribution in [3.05, 3.63) is 59.7 Å². The third-order valence-corrected chi connectivity index (χ3v) is 2.93. The van der Waals surface area contributed by atoms with Crippen LogP contribution in [-0.2, 0) is 11.2 Å². The molecule has 4 nitrogen and oxygen atoms in total. The van der Waals surface area contributed by atoms with E-state index in [-0.39, 0.29) is 17.7 Å². The summed E-state index contributed by atoms with van der Waals surface area (Å²) in [6.07, 6.45) is -0.00282. The van der Waals surface area contributed by atoms with Crippen molar-refractivity contribution in [3.63, 3.8) is 0 Å². The summed E-state index contributed by atoms with van der Waals surface area (Å²) in [6.45, 7) is 0. The molecule has 0 fully saturated rings. The van der Waals surface area contributed by atoms with Gasteiger partial charge >= 0.3 is 0 Å². The molecule has 0 spiro atoms. The van der Waals surface area contributed by atoms with Crippen molar-refractivity contribution < 1.29 is 19.4 Å². The molecular formula is C16H14O4. The number of benzene rings is 2. The SMILES string of the molecule is COc1ccc(CC(=O)C(=O)c2ccccc2O)cc1. The first kappa shape index (κ1) is 13.8. The standard InChI is InChI=1S/C16H14O4/c1-20-12-8-6-11(7-9-12)10-15(18)16(19)13-4-2-3-5-14(13)17/h2-9,17H,10H2,1H3. The summed E-state index contributed by atoms with van der Waals surface area (Å²) < 4.78 is 5.02. The maximum Gasteiger partial charge on any atom is 0.232 e. The molecule has 2 aromatic carbocycles. The highest BCUT2D eigenvalue weighted by Gasteiger charge is 2.19. The number of para-hydroxylation sites is 1. The van der Waals surface area contributed by atoms with Crippen molar-refractivity contribution in [2.45, 2.75) is 6.42 Å². The molecule has 0 bridgehead atoms. The van der Waals surface area contributed by atoms with E-state index in [0.29, 0.717) is 5.75 Å². The summed E-state index contributed by atoms with van der Waals surface area (Å²) in [6, 6.07) is 12.9. The molecule has 0 radical (unpaired) electrons. The van der Waals surface area contributed by atoms with Crippen LogP contribution in [0.3, 0.4) is 0 Å². The second-order valence-electron chi connectivity index (χ2n) is 4.29. The Kier molecular flexibility index (Phi) is 4.15. The summed E-state index contributed by atoms with van der Waals surface area (Å²) in [7, 11) is 1.56. The summed E-state index contributed by atoms with van der Waals surface area (Å²) >= 11 is 0. The monoisotopic (exact) mass is 270 g/mol. The van der Waals surface area contributed by atoms with Crippen molar-refractivity contribution in [2.75, 3.05) is 7.11 Å². The van der Waals surface area contributed by atoms with Crippen molar-refractivity contribution in [3.8, 4) is 11.5 Å². The molecule has 20 heavy (non-hydrogen) atoms. The first-order valence-electron chi connectivity index (χ1n) is 6.10. The molecule has 0 unspecified atom stereocenters. The smallest absolute Gasteiger partial charge is 0.232 e. The predicted octanol–water partition coefficient (Wildman–Crippen LogP) is 2.40. The molecule has 0 aliphatic heterocycles. The molecule has 0 saturated heterocycles. The third-order valence-electron chi connectivity index (χ3n) is 2.93. The summed E-state index contributed by atoms with van der Waals surface area (Å²) in [5.41, 5.74) is 0.755. The largest absolute Gasteiger partial charge is 0.507 e. The Hall–Kier alpha value is -2.62. The van der Waals surface area contributed by atoms with Gasteiger partial charge in [0.1, 0.15) is 11.5 Å². The lowest BCUT2D eigenvalue weighted by Crippen LogP contribution is -2.16. The number of aromatic hydroxyl groups is 1. The van der Waals surface area contributed by atoms with Gasteiger partial charge in [0.05, 0.1) is 12.7 Å². The molecule has 0 atom stereocenters. The van der Waals surface area contributed by atoms with Crippen molar-refractivity contribution in [1.82, 2.24) is 0 Å². The Balaban J connectivity index is 2.11. The van der Waals surface area contributed by atoms with E-state index < -0.39 is 11.6 Å². The van der Waals surface area contributed by atoms with E-state index in [9.17, 15) is 14.7 Å². The third kappa shape index (κ3) is 3.03. The summed E-state index contributed by atoms with van der Waals surface area (Å²) in [5, 5.41) is 9.57. The van der Waals surface area contributed by atoms with E-state index >= 15 is 0 Å². The topological polar surface area (TPSA) is 63.6 Å². The molecule has 4 heteroatoms. The van der Waals surface area contributed by atoms with Gasteiger partial charge in [-0.05, 0) is 29.8 Å². The maximum absolute atomic E-state index is 12.0. The van der Waals surface area contributed by atoms with Gasteiger partial charge in [-0.15, -0.1) is 0 Å². The Bertz CT molecular complexity index is 629. The molecule has 2 rings (SSSR count). The van der Waals surface area contributed by atoms with E-state index in [0.717, 1.165) is 5.56 Å². The zero-order valence-electron chi connectivity index (χ0n) is 11.0. The zero-order valence-corrected chi connectivity index (χ0v) is 11.0. The number of phenolic OH excluding ortho intramolecular Hbond substituents is 1. The molecular weight excluding hydrogens is 256 g/mol. The number of ketones is 2. The van der Waals surface area contributed by atoms with E-state index in [1.165, 1.54) is 12.1 Å². The fourth-order valence-corrected chi connectivity index (χ4v) is 1.82. The number of methoxy groups -OCH3 is 1. The Morgan fingerprint density at radius 3 is 2.30 bits per heavy atom. The minimum Gasteiger partial charge on any atom is -0.507 e. The van der Waals surface area contributed by atoms with Gasteiger partial charge in [0.2, 0.25) is 11.6 Å². The Labute approximate surface area is 116 Å². The van der Waals surface area contributed by atoms with Crippen LogP contribution < -0.4 is 4.74 Å². The fraction of sp³-hybridized carbons (Fsp3) is 0.125. The van der Waals surface area contributed by atoms with Crippen molar-refractivity contribution in [1.29, 1.82) is 0 Å². The molecule has 1 N–H and O–H groups in total. The minimum absolute atomic E-state index is 0.00282. The van der Waals surface area contributed by atoms with Crippen LogP contribution in [0.1, 0.15) is 15.9 Å². The van der Waals surface area contributed by atoms with E-state index in [1.807, 2.05) is 0 Å². The molecule has 0 saturated carbocycles. The fourth-order valence-electron chi connectivity index (χ4n) is 1.82. The molecule has 0 aliphatic rings. The summed E-state index contributed by atoms with van der Waals surface area (Å²) in [5.74, 6) is -0.732. The lowest BCUT2D eigenvalue weighted by molar-refractivity contribution is -0.114. The van der Waals surface area contributed by atoms with Crippen LogP contribution in [0.2, 0.25) is 0 Å². The second-order valence-corrected chi connectivity index (χ2v) is 4.29. The Morgan fingerprint density at radius 1 is 1.05 bits per heavy atom. The van der Waals surface area contributed by atoms with Crippen LogP contribution in [-0.4, -0.2) is 23.8 Å². The lowest BCUT2D eigenvalue weighted by atomic mass is 10.0. The molecule has 0 aliphatic carbocycles. The number of carbonyl (C=O) groups is 2. The van der Waals surface area contributed by atoms with Crippen LogP contribution in [0.4, 0.5) is 0 Å². The van der Waals surface area contributed by atoms with Gasteiger partial charge in [-0.2, -0.15) is 0 Å². The highest BCUT2D eigenvalue weighted by Crippen LogP contribution is 2.18. The van der Waals surface area contributed by atoms with Crippen molar-refractivity contribution in [2.24, 2.45) is 0 Å². The van der Waals surface area contributed by atoms with Gasteiger partial charge < -0.3 is 9.84 Å². The maximum atomic E-state index is 12.0. The van der Waals surface area contributed by atoms with Crippen LogP contribution >= 0.6 is 0 Å². The van der Waals surface area contributed by atoms with Crippen LogP contribution in [0.25, 0.3) is 0 Å². The summed E-state index contributed by atoms with van der Waals surface area (Å²) in [4.78, 5) is 23.9. The average molecular weight is 270 g/mol. The van der Waals surface area contributed by atoms with Gasteiger partial charge in [0.15, 0.2) is 0 Å². The quantitative estimate of drug-likeness (QED) is 0.669. The van der Waals surface area contributed by atoms with Crippen LogP contribution in [0, 0.1) is 0 Å². The van der Waals surface area contributed by atoms with Gasteiger partial charge in [0, 0.05) is 6.42 Å². The van der Waals surface area contributed by atoms with E-state index in [1.54, 1.807) is 43.5 Å². The molecule has 0 aromatic heterocycles. The highest BCUT2D eigenvalue weighted by atomic mass is 16.5. The van der Waals surface area contributed by atoms with Crippen LogP contribution in [0.5, 0.6) is 11.5 Å². The molecule has 102 valence electrons. The highest BCUT2D eigenvalue weighted by molar-refractivity contribution is 6.44. The minimum atomic E-state index is -0.682. The molecule has 0 heterocycles. The zero-order chi connectivity index (χ0) is 14.5. The van der Waals surface area contributed by atoms with Gasteiger partial charge in [0.25, 0.3) is 0 Å². The number of Topliss-reactive ketones (excluding diaryl/α,β-unsaturated/α-hetero) is 2. The number of phenols is 1. The number of carbonyl (C=O) groups excluding carboxylic acids is 2. The van der Waals surface area contributed by atoms with Gasteiger partial charge in [-0.1, -0.05) is 24.3 Å². The van der Waals surface area contributed by atoms with E-state index in [2.05, 4.69) is 0 Å². The number of hydrogen-bond acceptors (Lipinski definition) is 4. The predicted molar refractivity (Wildman–Crippen MR) is 74.1 cm³/mol. The molecule has 0 amide bonds. The first-order valence-corrected chi connectivity index (χ1v) is 6.10. The van der Waals surface area contributed by atoms with Crippen LogP contribution in [0.15, 0.2) is 48.5 Å². The number of hydrogen-bond donors (Lipinski definition) is 1. The normalized spacial score (nSPS) is 10.1. The molecule has 2 aromatic rings. The number of ether oxygens (including phenoxy) is 1. The van der Waals surface area contributed by atoms with Crippen molar-refractivity contribution >= 4 is 11.6 Å². The van der Waals surface area contributed by atoms with Gasteiger partial charge in [-0.25, -0.2) is 0 Å².